The molecule has 3 rings (SSSR count). The van der Waals surface area contributed by atoms with Gasteiger partial charge in [-0.2, -0.15) is 0 Å². The van der Waals surface area contributed by atoms with Crippen LogP contribution >= 0.6 is 15.9 Å². The van der Waals surface area contributed by atoms with Gasteiger partial charge in [0.25, 0.3) is 0 Å². The molecule has 156 valence electrons. The summed E-state index contributed by atoms with van der Waals surface area (Å²) < 4.78 is 12.0. The van der Waals surface area contributed by atoms with E-state index < -0.39 is 5.97 Å². The molecule has 29 heavy (non-hydrogen) atoms. The highest BCUT2D eigenvalue weighted by Gasteiger charge is 2.32. The van der Waals surface area contributed by atoms with E-state index in [-0.39, 0.29) is 12.0 Å². The first-order chi connectivity index (χ1) is 13.8. The van der Waals surface area contributed by atoms with Crippen molar-refractivity contribution in [2.24, 2.45) is 5.92 Å². The summed E-state index contributed by atoms with van der Waals surface area (Å²) in [5.41, 5.74) is 4.70. The van der Waals surface area contributed by atoms with Gasteiger partial charge in [-0.05, 0) is 63.0 Å². The second-order valence-electron chi connectivity index (χ2n) is 7.70. The number of carbonyl (C=O) groups is 1. The molecule has 0 saturated carbocycles. The molecule has 1 atom stereocenters. The topological polar surface area (TPSA) is 59.0 Å². The molecule has 2 aromatic carbocycles. The summed E-state index contributed by atoms with van der Waals surface area (Å²) in [5, 5.41) is 9.38. The SMILES string of the molecule is COc1cc(Br)c(C(c2cc(C)cc(C)c2)N2CCC(C(=O)O)CC2)cc1OC. The van der Waals surface area contributed by atoms with E-state index in [1.165, 1.54) is 16.7 Å². The molecule has 1 aliphatic heterocycles. The number of piperidine rings is 1. The summed E-state index contributed by atoms with van der Waals surface area (Å²) in [4.78, 5) is 13.8. The van der Waals surface area contributed by atoms with Gasteiger partial charge in [-0.15, -0.1) is 0 Å². The van der Waals surface area contributed by atoms with Crippen LogP contribution in [-0.4, -0.2) is 43.3 Å². The van der Waals surface area contributed by atoms with Gasteiger partial charge in [0, 0.05) is 4.47 Å². The first kappa shape index (κ1) is 21.7. The van der Waals surface area contributed by atoms with Crippen LogP contribution in [-0.2, 0) is 4.79 Å². The second-order valence-corrected chi connectivity index (χ2v) is 8.56. The van der Waals surface area contributed by atoms with E-state index >= 15 is 0 Å². The number of carboxylic acids is 1. The van der Waals surface area contributed by atoms with Crippen molar-refractivity contribution < 1.29 is 19.4 Å². The quantitative estimate of drug-likeness (QED) is 0.657. The summed E-state index contributed by atoms with van der Waals surface area (Å²) in [5.74, 6) is 0.396. The van der Waals surface area contributed by atoms with E-state index in [2.05, 4.69) is 52.9 Å². The number of hydrogen-bond acceptors (Lipinski definition) is 4. The van der Waals surface area contributed by atoms with Gasteiger partial charge >= 0.3 is 5.97 Å². The van der Waals surface area contributed by atoms with E-state index in [0.29, 0.717) is 24.3 Å². The van der Waals surface area contributed by atoms with E-state index in [1.807, 2.05) is 12.1 Å². The Bertz CT molecular complexity index is 870. The third kappa shape index (κ3) is 4.75. The number of nitrogens with zero attached hydrogens (tertiary/aromatic N) is 1. The number of carboxylic acid groups (broad SMARTS) is 1. The summed E-state index contributed by atoms with van der Waals surface area (Å²) >= 11 is 3.73. The van der Waals surface area contributed by atoms with Crippen LogP contribution in [0.3, 0.4) is 0 Å². The minimum Gasteiger partial charge on any atom is -0.493 e. The molecule has 1 fully saturated rings. The lowest BCUT2D eigenvalue weighted by molar-refractivity contribution is -0.143. The molecular weight excluding hydrogens is 434 g/mol. The number of aryl methyl sites for hydroxylation is 2. The Morgan fingerprint density at radius 2 is 1.59 bits per heavy atom. The highest BCUT2D eigenvalue weighted by atomic mass is 79.9. The Morgan fingerprint density at radius 3 is 2.10 bits per heavy atom. The van der Waals surface area contributed by atoms with Crippen LogP contribution in [0.1, 0.15) is 41.1 Å². The van der Waals surface area contributed by atoms with Crippen molar-refractivity contribution >= 4 is 21.9 Å². The average Bonchev–Trinajstić information content (AvgIpc) is 2.68. The van der Waals surface area contributed by atoms with Gasteiger partial charge in [0.1, 0.15) is 0 Å². The lowest BCUT2D eigenvalue weighted by Crippen LogP contribution is -2.39. The molecule has 1 aliphatic rings. The molecule has 2 aromatic rings. The van der Waals surface area contributed by atoms with E-state index in [9.17, 15) is 9.90 Å². The van der Waals surface area contributed by atoms with Crippen LogP contribution in [0.2, 0.25) is 0 Å². The molecule has 1 saturated heterocycles. The van der Waals surface area contributed by atoms with Crippen LogP contribution in [0.5, 0.6) is 11.5 Å². The number of hydrogen-bond donors (Lipinski definition) is 1. The zero-order valence-electron chi connectivity index (χ0n) is 17.4. The number of aliphatic carboxylic acids is 1. The first-order valence-corrected chi connectivity index (χ1v) is 10.6. The number of likely N-dealkylation sites (tertiary alicyclic amines) is 1. The number of benzene rings is 2. The molecule has 0 aromatic heterocycles. The molecule has 1 heterocycles. The molecule has 0 aliphatic carbocycles. The Hall–Kier alpha value is -2.05. The Balaban J connectivity index is 2.08. The van der Waals surface area contributed by atoms with Crippen molar-refractivity contribution in [2.75, 3.05) is 27.3 Å². The van der Waals surface area contributed by atoms with Crippen molar-refractivity contribution in [1.29, 1.82) is 0 Å². The summed E-state index contributed by atoms with van der Waals surface area (Å²) in [7, 11) is 3.27. The largest absolute Gasteiger partial charge is 0.493 e. The average molecular weight is 462 g/mol. The fourth-order valence-electron chi connectivity index (χ4n) is 4.24. The Morgan fingerprint density at radius 1 is 1.03 bits per heavy atom. The van der Waals surface area contributed by atoms with Gasteiger partial charge in [0.2, 0.25) is 0 Å². The van der Waals surface area contributed by atoms with Crippen molar-refractivity contribution in [2.45, 2.75) is 32.7 Å². The Labute approximate surface area is 180 Å². The van der Waals surface area contributed by atoms with Crippen molar-refractivity contribution in [3.8, 4) is 11.5 Å². The molecule has 6 heteroatoms. The lowest BCUT2D eigenvalue weighted by Gasteiger charge is -2.38. The smallest absolute Gasteiger partial charge is 0.306 e. The highest BCUT2D eigenvalue weighted by molar-refractivity contribution is 9.10. The summed E-state index contributed by atoms with van der Waals surface area (Å²) in [6.45, 7) is 5.67. The van der Waals surface area contributed by atoms with Gasteiger partial charge in [-0.3, -0.25) is 9.69 Å². The van der Waals surface area contributed by atoms with Gasteiger partial charge in [-0.25, -0.2) is 0 Å². The van der Waals surface area contributed by atoms with Crippen LogP contribution in [0.25, 0.3) is 0 Å². The molecular formula is C23H28BrNO4. The van der Waals surface area contributed by atoms with Gasteiger partial charge in [-0.1, -0.05) is 45.3 Å². The monoisotopic (exact) mass is 461 g/mol. The molecule has 0 amide bonds. The number of ether oxygens (including phenoxy) is 2. The van der Waals surface area contributed by atoms with Gasteiger partial charge in [0.05, 0.1) is 26.2 Å². The predicted molar refractivity (Wildman–Crippen MR) is 117 cm³/mol. The maximum absolute atomic E-state index is 11.4. The minimum absolute atomic E-state index is 0.00229. The van der Waals surface area contributed by atoms with Crippen molar-refractivity contribution in [3.05, 3.63) is 57.1 Å². The Kier molecular flexibility index (Phi) is 6.85. The fraction of sp³-hybridized carbons (Fsp3) is 0.435. The third-order valence-corrected chi connectivity index (χ3v) is 6.29. The van der Waals surface area contributed by atoms with Crippen LogP contribution < -0.4 is 9.47 Å². The standard InChI is InChI=1S/C23H28BrNO4/c1-14-9-15(2)11-17(10-14)22(25-7-5-16(6-8-25)23(26)27)18-12-20(28-3)21(29-4)13-19(18)24/h9-13,16,22H,5-8H2,1-4H3,(H,26,27). The molecule has 0 bridgehead atoms. The molecule has 1 N–H and O–H groups in total. The predicted octanol–water partition coefficient (Wildman–Crippen LogP) is 4.97. The van der Waals surface area contributed by atoms with E-state index in [1.54, 1.807) is 14.2 Å². The van der Waals surface area contributed by atoms with E-state index in [4.69, 9.17) is 9.47 Å². The van der Waals surface area contributed by atoms with Crippen LogP contribution in [0.4, 0.5) is 0 Å². The molecule has 0 spiro atoms. The zero-order valence-corrected chi connectivity index (χ0v) is 19.0. The molecule has 0 radical (unpaired) electrons. The summed E-state index contributed by atoms with van der Waals surface area (Å²) in [6, 6.07) is 10.6. The number of methoxy groups -OCH3 is 2. The van der Waals surface area contributed by atoms with E-state index in [0.717, 1.165) is 23.1 Å². The summed E-state index contributed by atoms with van der Waals surface area (Å²) in [6.07, 6.45) is 1.31. The molecule has 5 nitrogen and oxygen atoms in total. The third-order valence-electron chi connectivity index (χ3n) is 5.60. The van der Waals surface area contributed by atoms with Crippen molar-refractivity contribution in [3.63, 3.8) is 0 Å². The lowest BCUT2D eigenvalue weighted by atomic mass is 9.90. The second kappa shape index (κ2) is 9.18. The number of rotatable bonds is 6. The van der Waals surface area contributed by atoms with Crippen LogP contribution in [0.15, 0.2) is 34.8 Å². The normalized spacial score (nSPS) is 16.4. The maximum atomic E-state index is 11.4. The fourth-order valence-corrected chi connectivity index (χ4v) is 4.78. The van der Waals surface area contributed by atoms with Crippen LogP contribution in [0, 0.1) is 19.8 Å². The number of halogens is 1. The minimum atomic E-state index is -0.695. The van der Waals surface area contributed by atoms with Gasteiger partial charge < -0.3 is 14.6 Å². The zero-order chi connectivity index (χ0) is 21.1. The highest BCUT2D eigenvalue weighted by Crippen LogP contribution is 2.41. The molecule has 1 unspecified atom stereocenters. The first-order valence-electron chi connectivity index (χ1n) is 9.80. The van der Waals surface area contributed by atoms with Gasteiger partial charge in [0.15, 0.2) is 11.5 Å². The van der Waals surface area contributed by atoms with Crippen molar-refractivity contribution in [1.82, 2.24) is 4.90 Å². The maximum Gasteiger partial charge on any atom is 0.306 e.